The zero-order chi connectivity index (χ0) is 31.0. The third kappa shape index (κ3) is 7.47. The van der Waals surface area contributed by atoms with Crippen LogP contribution < -0.4 is 20.7 Å². The number of amides is 2. The van der Waals surface area contributed by atoms with E-state index in [-0.39, 0.29) is 30.3 Å². The molecule has 2 saturated heterocycles. The first kappa shape index (κ1) is 29.8. The van der Waals surface area contributed by atoms with Crippen LogP contribution in [0.2, 0.25) is 0 Å². The summed E-state index contributed by atoms with van der Waals surface area (Å²) in [5.74, 6) is 0.264. The Kier molecular flexibility index (Phi) is 9.30. The van der Waals surface area contributed by atoms with Gasteiger partial charge in [0.1, 0.15) is 18.5 Å². The minimum Gasteiger partial charge on any atom is -0.490 e. The van der Waals surface area contributed by atoms with Gasteiger partial charge >= 0.3 is 6.09 Å². The Labute approximate surface area is 261 Å². The molecule has 0 unspecified atom stereocenters. The highest BCUT2D eigenvalue weighted by atomic mass is 16.6. The average Bonchev–Trinajstić information content (AvgIpc) is 3.09. The molecule has 3 N–H and O–H groups in total. The van der Waals surface area contributed by atoms with E-state index in [1.807, 2.05) is 60.7 Å². The molecule has 232 valence electrons. The molecule has 2 fully saturated rings. The van der Waals surface area contributed by atoms with Gasteiger partial charge in [0.15, 0.2) is 11.5 Å². The number of anilines is 3. The number of aromatic nitrogens is 3. The molecule has 6 rings (SSSR count). The van der Waals surface area contributed by atoms with Crippen LogP contribution in [0.25, 0.3) is 11.3 Å². The van der Waals surface area contributed by atoms with Crippen molar-refractivity contribution < 1.29 is 23.8 Å². The number of carbonyl (C=O) groups is 2. The number of carbonyl (C=O) groups excluding carboxylic acids is 2. The van der Waals surface area contributed by atoms with Crippen molar-refractivity contribution in [2.45, 2.75) is 25.6 Å². The number of nitrogens with two attached hydrogens (primary N) is 1. The molecule has 2 amide bonds. The zero-order valence-corrected chi connectivity index (χ0v) is 24.8. The summed E-state index contributed by atoms with van der Waals surface area (Å²) in [6.45, 7) is 4.05. The van der Waals surface area contributed by atoms with E-state index in [9.17, 15) is 9.59 Å². The Morgan fingerprint density at radius 2 is 1.71 bits per heavy atom. The summed E-state index contributed by atoms with van der Waals surface area (Å²) in [5, 5.41) is 2.90. The number of nitrogens with one attached hydrogen (secondary N) is 1. The molecule has 0 saturated carbocycles. The van der Waals surface area contributed by atoms with E-state index in [4.69, 9.17) is 19.9 Å². The highest BCUT2D eigenvalue weighted by molar-refractivity contribution is 6.07. The van der Waals surface area contributed by atoms with E-state index >= 15 is 0 Å². The predicted octanol–water partition coefficient (Wildman–Crippen LogP) is 4.39. The van der Waals surface area contributed by atoms with Gasteiger partial charge in [0.2, 0.25) is 0 Å². The van der Waals surface area contributed by atoms with Crippen LogP contribution in [0, 0.1) is 0 Å². The van der Waals surface area contributed by atoms with Crippen molar-refractivity contribution in [1.82, 2.24) is 19.9 Å². The molecule has 0 spiro atoms. The molecule has 2 aliphatic rings. The number of morpholine rings is 1. The zero-order valence-electron chi connectivity index (χ0n) is 24.8. The number of benzene rings is 2. The van der Waals surface area contributed by atoms with Gasteiger partial charge in [-0.25, -0.2) is 14.8 Å². The quantitative estimate of drug-likeness (QED) is 0.295. The number of hydrogen-bond donors (Lipinski definition) is 2. The van der Waals surface area contributed by atoms with E-state index in [1.54, 1.807) is 17.3 Å². The van der Waals surface area contributed by atoms with Crippen LogP contribution in [0.1, 0.15) is 28.9 Å². The van der Waals surface area contributed by atoms with Gasteiger partial charge in [-0.05, 0) is 35.9 Å². The Balaban J connectivity index is 1.04. The minimum atomic E-state index is -0.473. The van der Waals surface area contributed by atoms with Gasteiger partial charge in [0.05, 0.1) is 42.7 Å². The lowest BCUT2D eigenvalue weighted by atomic mass is 10.1. The van der Waals surface area contributed by atoms with Gasteiger partial charge in [0, 0.05) is 50.8 Å². The molecule has 12 nitrogen and oxygen atoms in total. The lowest BCUT2D eigenvalue weighted by Gasteiger charge is -2.31. The number of ether oxygens (including phenoxy) is 3. The number of hydrogen-bond acceptors (Lipinski definition) is 10. The van der Waals surface area contributed by atoms with Crippen molar-refractivity contribution in [1.29, 1.82) is 0 Å². The Bertz CT molecular complexity index is 1610. The summed E-state index contributed by atoms with van der Waals surface area (Å²) in [7, 11) is 0. The number of pyridine rings is 1. The van der Waals surface area contributed by atoms with Gasteiger partial charge in [0.25, 0.3) is 5.91 Å². The van der Waals surface area contributed by atoms with Crippen LogP contribution >= 0.6 is 0 Å². The van der Waals surface area contributed by atoms with Crippen LogP contribution in [-0.2, 0) is 16.1 Å². The molecule has 4 aromatic rings. The van der Waals surface area contributed by atoms with Crippen molar-refractivity contribution in [3.05, 3.63) is 90.5 Å². The highest BCUT2D eigenvalue weighted by Crippen LogP contribution is 2.28. The van der Waals surface area contributed by atoms with E-state index in [2.05, 4.69) is 25.2 Å². The van der Waals surface area contributed by atoms with E-state index in [1.165, 1.54) is 6.20 Å². The van der Waals surface area contributed by atoms with E-state index in [0.717, 1.165) is 16.8 Å². The molecule has 12 heteroatoms. The first-order valence-electron chi connectivity index (χ1n) is 15.0. The summed E-state index contributed by atoms with van der Waals surface area (Å²) in [4.78, 5) is 42.6. The highest BCUT2D eigenvalue weighted by Gasteiger charge is 2.25. The molecular formula is C33H35N7O5. The Morgan fingerprint density at radius 1 is 0.956 bits per heavy atom. The Hall–Kier alpha value is -5.23. The second-order valence-electron chi connectivity index (χ2n) is 10.8. The van der Waals surface area contributed by atoms with E-state index < -0.39 is 5.91 Å². The lowest BCUT2D eigenvalue weighted by Crippen LogP contribution is -2.42. The third-order valence-electron chi connectivity index (χ3n) is 7.77. The summed E-state index contributed by atoms with van der Waals surface area (Å²) < 4.78 is 17.1. The summed E-state index contributed by atoms with van der Waals surface area (Å²) >= 11 is 0. The second kappa shape index (κ2) is 14.0. The Morgan fingerprint density at radius 3 is 2.47 bits per heavy atom. The smallest absolute Gasteiger partial charge is 0.410 e. The van der Waals surface area contributed by atoms with Crippen LogP contribution in [-0.4, -0.2) is 77.3 Å². The van der Waals surface area contributed by atoms with Crippen LogP contribution in [0.15, 0.2) is 79.3 Å². The first-order chi connectivity index (χ1) is 22.0. The van der Waals surface area contributed by atoms with E-state index in [0.29, 0.717) is 69.4 Å². The fourth-order valence-electron chi connectivity index (χ4n) is 5.31. The van der Waals surface area contributed by atoms with Crippen LogP contribution in [0.3, 0.4) is 0 Å². The van der Waals surface area contributed by atoms with Crippen LogP contribution in [0.5, 0.6) is 5.75 Å². The monoisotopic (exact) mass is 609 g/mol. The lowest BCUT2D eigenvalue weighted by molar-refractivity contribution is 0.0638. The number of piperidine rings is 1. The van der Waals surface area contributed by atoms with Gasteiger partial charge in [-0.3, -0.25) is 9.78 Å². The van der Waals surface area contributed by atoms with Crippen LogP contribution in [0.4, 0.5) is 22.0 Å². The fraction of sp³-hybridized carbons (Fsp3) is 0.303. The van der Waals surface area contributed by atoms with Crippen molar-refractivity contribution in [2.75, 3.05) is 55.3 Å². The minimum absolute atomic E-state index is 0.0181. The molecule has 2 aromatic heterocycles. The number of nitrogen functional groups attached to an aromatic ring is 1. The maximum atomic E-state index is 13.3. The largest absolute Gasteiger partial charge is 0.490 e. The molecule has 0 radical (unpaired) electrons. The molecule has 2 aliphatic heterocycles. The third-order valence-corrected chi connectivity index (χ3v) is 7.77. The van der Waals surface area contributed by atoms with Crippen molar-refractivity contribution in [2.24, 2.45) is 0 Å². The SMILES string of the molecule is Nc1ncc(-c2ccc(OC3CCN(C(=O)OCc4ccccc4)CC3)cc2)nc1C(=O)Nc1cnccc1N1CCOCC1. The fourth-order valence-corrected chi connectivity index (χ4v) is 5.31. The maximum absolute atomic E-state index is 13.3. The molecule has 0 bridgehead atoms. The molecule has 0 atom stereocenters. The first-order valence-corrected chi connectivity index (χ1v) is 15.0. The van der Waals surface area contributed by atoms with Gasteiger partial charge in [-0.2, -0.15) is 0 Å². The molecule has 0 aliphatic carbocycles. The van der Waals surface area contributed by atoms with Crippen molar-refractivity contribution in [3.8, 4) is 17.0 Å². The normalized spacial score (nSPS) is 15.4. The molecule has 4 heterocycles. The molecule has 45 heavy (non-hydrogen) atoms. The predicted molar refractivity (Wildman–Crippen MR) is 169 cm³/mol. The van der Waals surface area contributed by atoms with Gasteiger partial charge in [-0.15, -0.1) is 0 Å². The van der Waals surface area contributed by atoms with Gasteiger partial charge < -0.3 is 35.1 Å². The van der Waals surface area contributed by atoms with Crippen molar-refractivity contribution >= 4 is 29.2 Å². The number of likely N-dealkylation sites (tertiary alicyclic amines) is 1. The second-order valence-corrected chi connectivity index (χ2v) is 10.8. The molecule has 2 aromatic carbocycles. The standard InChI is InChI=1S/C33H35N7O5/c34-31-30(32(41)38-28-20-35-13-10-29(28)39-16-18-43-19-17-39)37-27(21-36-31)24-6-8-25(9-7-24)45-26-11-14-40(15-12-26)33(42)44-22-23-4-2-1-3-5-23/h1-10,13,20-21,26H,11-12,14-19,22H2,(H2,34,36)(H,38,41). The number of nitrogens with zero attached hydrogens (tertiary/aromatic N) is 5. The number of rotatable bonds is 8. The van der Waals surface area contributed by atoms with Gasteiger partial charge in [-0.1, -0.05) is 30.3 Å². The maximum Gasteiger partial charge on any atom is 0.410 e. The topological polar surface area (TPSA) is 145 Å². The molecular weight excluding hydrogens is 574 g/mol. The summed E-state index contributed by atoms with van der Waals surface area (Å²) in [6, 6.07) is 18.9. The summed E-state index contributed by atoms with van der Waals surface area (Å²) in [5.41, 5.74) is 9.74. The summed E-state index contributed by atoms with van der Waals surface area (Å²) in [6.07, 6.45) is 5.92. The van der Waals surface area contributed by atoms with Crippen molar-refractivity contribution in [3.63, 3.8) is 0 Å². The average molecular weight is 610 g/mol.